The Balaban J connectivity index is 1.49. The molecule has 3 rings (SSSR count). The Bertz CT molecular complexity index is 886. The summed E-state index contributed by atoms with van der Waals surface area (Å²) in [6.07, 6.45) is 0. The van der Waals surface area contributed by atoms with Gasteiger partial charge in [0, 0.05) is 11.8 Å². The Labute approximate surface area is 166 Å². The average Bonchev–Trinajstić information content (AvgIpc) is 3.14. The molecule has 27 heavy (non-hydrogen) atoms. The highest BCUT2D eigenvalue weighted by Crippen LogP contribution is 2.28. The van der Waals surface area contributed by atoms with E-state index in [1.165, 1.54) is 23.1 Å². The molecule has 0 radical (unpaired) electrons. The summed E-state index contributed by atoms with van der Waals surface area (Å²) in [5.41, 5.74) is 1.95. The van der Waals surface area contributed by atoms with Crippen LogP contribution in [0.3, 0.4) is 0 Å². The first kappa shape index (κ1) is 19.2. The molecule has 3 aromatic rings. The number of amides is 1. The fourth-order valence-electron chi connectivity index (χ4n) is 2.38. The van der Waals surface area contributed by atoms with Gasteiger partial charge < -0.3 is 15.4 Å². The number of nitrogens with zero attached hydrogens (tertiary/aromatic N) is 2. The number of hydrogen-bond donors (Lipinski definition) is 2. The molecule has 2 aromatic carbocycles. The van der Waals surface area contributed by atoms with E-state index in [2.05, 4.69) is 20.8 Å². The van der Waals surface area contributed by atoms with Gasteiger partial charge >= 0.3 is 0 Å². The van der Waals surface area contributed by atoms with E-state index < -0.39 is 0 Å². The molecule has 0 aliphatic carbocycles. The van der Waals surface area contributed by atoms with Gasteiger partial charge in [-0.3, -0.25) is 4.79 Å². The number of carbonyl (C=O) groups excluding carboxylic acids is 1. The molecule has 8 heteroatoms. The molecule has 1 atom stereocenters. The number of rotatable bonds is 8. The fraction of sp³-hybridized carbons (Fsp3) is 0.211. The average molecular weight is 401 g/mol. The molecule has 0 saturated carbocycles. The predicted molar refractivity (Wildman–Crippen MR) is 110 cm³/mol. The van der Waals surface area contributed by atoms with Crippen molar-refractivity contribution in [1.82, 2.24) is 15.5 Å². The highest BCUT2D eigenvalue weighted by atomic mass is 32.2. The van der Waals surface area contributed by atoms with Crippen LogP contribution in [0.5, 0.6) is 5.75 Å². The maximum atomic E-state index is 12.2. The van der Waals surface area contributed by atoms with Crippen molar-refractivity contribution in [3.8, 4) is 5.75 Å². The Hall–Kier alpha value is -2.58. The van der Waals surface area contributed by atoms with Crippen LogP contribution in [-0.4, -0.2) is 29.0 Å². The smallest absolute Gasteiger partial charge is 0.230 e. The second kappa shape index (κ2) is 9.38. The second-order valence-electron chi connectivity index (χ2n) is 5.72. The van der Waals surface area contributed by atoms with E-state index in [1.807, 2.05) is 61.5 Å². The summed E-state index contributed by atoms with van der Waals surface area (Å²) in [6.45, 7) is 1.97. The molecule has 1 amide bonds. The SMILES string of the molecule is COc1cccc(Nc2nnc(SCC(=O)N[C@H](C)c3ccccc3)s2)c1. The number of anilines is 2. The highest BCUT2D eigenvalue weighted by Gasteiger charge is 2.12. The molecule has 0 bridgehead atoms. The van der Waals surface area contributed by atoms with Gasteiger partial charge in [-0.2, -0.15) is 0 Å². The number of carbonyl (C=O) groups is 1. The molecule has 2 N–H and O–H groups in total. The van der Waals surface area contributed by atoms with Crippen molar-refractivity contribution in [2.75, 3.05) is 18.2 Å². The number of thioether (sulfide) groups is 1. The van der Waals surface area contributed by atoms with Crippen molar-refractivity contribution >= 4 is 39.8 Å². The van der Waals surface area contributed by atoms with Crippen molar-refractivity contribution in [1.29, 1.82) is 0 Å². The van der Waals surface area contributed by atoms with Crippen LogP contribution in [0, 0.1) is 0 Å². The second-order valence-corrected chi connectivity index (χ2v) is 7.92. The molecule has 6 nitrogen and oxygen atoms in total. The first-order valence-electron chi connectivity index (χ1n) is 8.36. The Kier molecular flexibility index (Phi) is 6.67. The molecule has 1 heterocycles. The zero-order chi connectivity index (χ0) is 19.1. The van der Waals surface area contributed by atoms with Gasteiger partial charge in [-0.15, -0.1) is 10.2 Å². The standard InChI is InChI=1S/C19H20N4O2S2/c1-13(14-7-4-3-5-8-14)20-17(24)12-26-19-23-22-18(27-19)21-15-9-6-10-16(11-15)25-2/h3-11,13H,12H2,1-2H3,(H,20,24)(H,21,22)/t13-/m1/s1. The summed E-state index contributed by atoms with van der Waals surface area (Å²) in [7, 11) is 1.63. The largest absolute Gasteiger partial charge is 0.497 e. The number of aromatic nitrogens is 2. The minimum Gasteiger partial charge on any atom is -0.497 e. The molecule has 140 valence electrons. The Morgan fingerprint density at radius 2 is 2.00 bits per heavy atom. The highest BCUT2D eigenvalue weighted by molar-refractivity contribution is 8.01. The Morgan fingerprint density at radius 1 is 1.19 bits per heavy atom. The van der Waals surface area contributed by atoms with Gasteiger partial charge in [0.2, 0.25) is 11.0 Å². The fourth-order valence-corrected chi connectivity index (χ4v) is 3.96. The summed E-state index contributed by atoms with van der Waals surface area (Å²) < 4.78 is 5.94. The topological polar surface area (TPSA) is 76.1 Å². The van der Waals surface area contributed by atoms with E-state index in [9.17, 15) is 4.79 Å². The van der Waals surface area contributed by atoms with E-state index in [0.717, 1.165) is 21.3 Å². The quantitative estimate of drug-likeness (QED) is 0.550. The summed E-state index contributed by atoms with van der Waals surface area (Å²) in [6, 6.07) is 17.4. The maximum absolute atomic E-state index is 12.2. The van der Waals surface area contributed by atoms with Gasteiger partial charge in [-0.05, 0) is 24.6 Å². The lowest BCUT2D eigenvalue weighted by molar-refractivity contribution is -0.119. The van der Waals surface area contributed by atoms with E-state index in [4.69, 9.17) is 4.74 Å². The van der Waals surface area contributed by atoms with Crippen LogP contribution in [-0.2, 0) is 4.79 Å². The van der Waals surface area contributed by atoms with Crippen LogP contribution in [0.25, 0.3) is 0 Å². The van der Waals surface area contributed by atoms with Crippen molar-refractivity contribution in [2.45, 2.75) is 17.3 Å². The van der Waals surface area contributed by atoms with Crippen molar-refractivity contribution in [2.24, 2.45) is 0 Å². The van der Waals surface area contributed by atoms with Crippen LogP contribution in [0.4, 0.5) is 10.8 Å². The molecule has 0 saturated heterocycles. The third-order valence-corrected chi connectivity index (χ3v) is 5.70. The molecule has 0 spiro atoms. The zero-order valence-electron chi connectivity index (χ0n) is 15.0. The van der Waals surface area contributed by atoms with Gasteiger partial charge in [-0.1, -0.05) is 59.5 Å². The van der Waals surface area contributed by atoms with Crippen molar-refractivity contribution in [3.05, 3.63) is 60.2 Å². The molecule has 0 unspecified atom stereocenters. The van der Waals surface area contributed by atoms with E-state index in [0.29, 0.717) is 10.9 Å². The number of benzene rings is 2. The third-order valence-electron chi connectivity index (χ3n) is 3.73. The lowest BCUT2D eigenvalue weighted by Gasteiger charge is -2.13. The molecule has 0 aliphatic heterocycles. The number of methoxy groups -OCH3 is 1. The summed E-state index contributed by atoms with van der Waals surface area (Å²) >= 11 is 2.78. The lowest BCUT2D eigenvalue weighted by atomic mass is 10.1. The van der Waals surface area contributed by atoms with Gasteiger partial charge in [0.05, 0.1) is 18.9 Å². The lowest BCUT2D eigenvalue weighted by Crippen LogP contribution is -2.28. The van der Waals surface area contributed by atoms with Crippen LogP contribution < -0.4 is 15.4 Å². The Morgan fingerprint density at radius 3 is 2.78 bits per heavy atom. The van der Waals surface area contributed by atoms with Crippen molar-refractivity contribution < 1.29 is 9.53 Å². The normalized spacial score (nSPS) is 11.6. The van der Waals surface area contributed by atoms with E-state index in [-0.39, 0.29) is 11.9 Å². The van der Waals surface area contributed by atoms with Crippen LogP contribution in [0.15, 0.2) is 58.9 Å². The number of nitrogens with one attached hydrogen (secondary N) is 2. The van der Waals surface area contributed by atoms with Gasteiger partial charge in [-0.25, -0.2) is 0 Å². The maximum Gasteiger partial charge on any atom is 0.230 e. The first-order valence-corrected chi connectivity index (χ1v) is 10.2. The van der Waals surface area contributed by atoms with E-state index >= 15 is 0 Å². The summed E-state index contributed by atoms with van der Waals surface area (Å²) in [4.78, 5) is 12.2. The summed E-state index contributed by atoms with van der Waals surface area (Å²) in [5.74, 6) is 1.03. The molecular weight excluding hydrogens is 380 g/mol. The minimum absolute atomic E-state index is 0.0287. The van der Waals surface area contributed by atoms with Gasteiger partial charge in [0.15, 0.2) is 4.34 Å². The van der Waals surface area contributed by atoms with E-state index in [1.54, 1.807) is 7.11 Å². The van der Waals surface area contributed by atoms with Crippen LogP contribution >= 0.6 is 23.1 Å². The van der Waals surface area contributed by atoms with Crippen LogP contribution in [0.1, 0.15) is 18.5 Å². The molecule has 0 aliphatic rings. The predicted octanol–water partition coefficient (Wildman–Crippen LogP) is 4.26. The molecule has 1 aromatic heterocycles. The minimum atomic E-state index is -0.0335. The van der Waals surface area contributed by atoms with Gasteiger partial charge in [0.25, 0.3) is 0 Å². The third kappa shape index (κ3) is 5.70. The van der Waals surface area contributed by atoms with Crippen LogP contribution in [0.2, 0.25) is 0 Å². The monoisotopic (exact) mass is 400 g/mol. The van der Waals surface area contributed by atoms with Crippen molar-refractivity contribution in [3.63, 3.8) is 0 Å². The zero-order valence-corrected chi connectivity index (χ0v) is 16.6. The molecule has 0 fully saturated rings. The number of ether oxygens (including phenoxy) is 1. The summed E-state index contributed by atoms with van der Waals surface area (Å²) in [5, 5.41) is 15.1. The molecular formula is C19H20N4O2S2. The number of hydrogen-bond acceptors (Lipinski definition) is 7. The van der Waals surface area contributed by atoms with Gasteiger partial charge in [0.1, 0.15) is 5.75 Å². The first-order chi connectivity index (χ1) is 13.1.